The number of hydrogen-bond donors (Lipinski definition) is 5. The molecule has 1 aliphatic rings. The van der Waals surface area contributed by atoms with E-state index in [1.165, 1.54) is 0 Å². The number of benzene rings is 4. The van der Waals surface area contributed by atoms with Gasteiger partial charge in [0.2, 0.25) is 5.91 Å². The van der Waals surface area contributed by atoms with Gasteiger partial charge in [-0.05, 0) is 115 Å². The van der Waals surface area contributed by atoms with Gasteiger partial charge < -0.3 is 31.1 Å². The number of amides is 2. The molecule has 0 aliphatic heterocycles. The molecule has 0 saturated heterocycles. The third-order valence-electron chi connectivity index (χ3n) is 10.5. The van der Waals surface area contributed by atoms with Crippen LogP contribution in [0.1, 0.15) is 66.1 Å². The van der Waals surface area contributed by atoms with Crippen LogP contribution in [0.2, 0.25) is 0 Å². The van der Waals surface area contributed by atoms with Crippen molar-refractivity contribution in [3.05, 3.63) is 126 Å². The Kier molecular flexibility index (Phi) is 14.3. The monoisotopic (exact) mass is 770 g/mol. The number of carboxylic acid groups (broad SMARTS) is 1. The molecule has 12 heteroatoms. The van der Waals surface area contributed by atoms with E-state index in [4.69, 9.17) is 15.6 Å². The normalized spacial score (nSPS) is 16.0. The Bertz CT molecular complexity index is 2070. The lowest BCUT2D eigenvalue weighted by Crippen LogP contribution is -2.35. The number of hydrogen-bond acceptors (Lipinski definition) is 5. The number of carboxylic acids is 1. The molecule has 9 nitrogen and oxygen atoms in total. The molecule has 56 heavy (non-hydrogen) atoms. The zero-order valence-electron chi connectivity index (χ0n) is 31.4. The van der Waals surface area contributed by atoms with Crippen molar-refractivity contribution >= 4 is 28.7 Å². The SMILES string of the molecule is CC(N)C1CCC(CNC(=O)c2ccccc2-c2cccc(CN(CCc3ccc(O)cc3)C(=O)CCc3c[nH]c4ccccc34)c2)CC1.O=C(O)C(F)(F)F. The molecule has 5 aromatic rings. The number of alkyl halides is 3. The number of aliphatic carboxylic acids is 1. The molecule has 1 saturated carbocycles. The van der Waals surface area contributed by atoms with Gasteiger partial charge in [0.15, 0.2) is 0 Å². The summed E-state index contributed by atoms with van der Waals surface area (Å²) in [5, 5.41) is 21.2. The van der Waals surface area contributed by atoms with E-state index in [0.29, 0.717) is 56.3 Å². The summed E-state index contributed by atoms with van der Waals surface area (Å²) in [6.07, 6.45) is 3.08. The quantitative estimate of drug-likeness (QED) is 0.0815. The number of para-hydroxylation sites is 1. The number of aryl methyl sites for hydroxylation is 1. The van der Waals surface area contributed by atoms with Gasteiger partial charge in [0.1, 0.15) is 5.75 Å². The topological polar surface area (TPSA) is 149 Å². The maximum absolute atomic E-state index is 13.8. The van der Waals surface area contributed by atoms with E-state index in [9.17, 15) is 27.9 Å². The molecule has 6 rings (SSSR count). The van der Waals surface area contributed by atoms with Crippen LogP contribution in [-0.2, 0) is 29.0 Å². The lowest BCUT2D eigenvalue weighted by Gasteiger charge is -2.30. The van der Waals surface area contributed by atoms with Crippen LogP contribution in [0.3, 0.4) is 0 Å². The number of carbonyl (C=O) groups excluding carboxylic acids is 2. The van der Waals surface area contributed by atoms with E-state index in [2.05, 4.69) is 29.4 Å². The largest absolute Gasteiger partial charge is 0.508 e. The highest BCUT2D eigenvalue weighted by Crippen LogP contribution is 2.31. The van der Waals surface area contributed by atoms with Crippen molar-refractivity contribution in [2.75, 3.05) is 13.1 Å². The van der Waals surface area contributed by atoms with Gasteiger partial charge in [-0.2, -0.15) is 13.2 Å². The van der Waals surface area contributed by atoms with E-state index in [-0.39, 0.29) is 23.6 Å². The van der Waals surface area contributed by atoms with Crippen molar-refractivity contribution in [1.82, 2.24) is 15.2 Å². The van der Waals surface area contributed by atoms with E-state index in [1.54, 1.807) is 12.1 Å². The van der Waals surface area contributed by atoms with Gasteiger partial charge in [-0.15, -0.1) is 0 Å². The molecule has 2 amide bonds. The summed E-state index contributed by atoms with van der Waals surface area (Å²) in [7, 11) is 0. The highest BCUT2D eigenvalue weighted by molar-refractivity contribution is 6.01. The van der Waals surface area contributed by atoms with E-state index in [0.717, 1.165) is 64.4 Å². The minimum absolute atomic E-state index is 0.0571. The number of phenolic OH excluding ortho intramolecular Hbond substituents is 1. The summed E-state index contributed by atoms with van der Waals surface area (Å²) in [5.41, 5.74) is 12.9. The van der Waals surface area contributed by atoms with Crippen molar-refractivity contribution in [3.8, 4) is 16.9 Å². The van der Waals surface area contributed by atoms with Crippen LogP contribution in [0.5, 0.6) is 5.75 Å². The van der Waals surface area contributed by atoms with Crippen molar-refractivity contribution in [1.29, 1.82) is 0 Å². The fraction of sp³-hybridized carbons (Fsp3) is 0.341. The second-order valence-electron chi connectivity index (χ2n) is 14.5. The Morgan fingerprint density at radius 2 is 1.57 bits per heavy atom. The molecule has 0 spiro atoms. The summed E-state index contributed by atoms with van der Waals surface area (Å²) in [5.74, 6) is -1.44. The first-order valence-corrected chi connectivity index (χ1v) is 18.9. The molecule has 1 fully saturated rings. The molecule has 1 aromatic heterocycles. The van der Waals surface area contributed by atoms with Crippen molar-refractivity contribution in [3.63, 3.8) is 0 Å². The number of halogens is 3. The molecular weight excluding hydrogens is 722 g/mol. The highest BCUT2D eigenvalue weighted by Gasteiger charge is 2.38. The number of nitrogens with two attached hydrogens (primary N) is 1. The van der Waals surface area contributed by atoms with Crippen LogP contribution in [0.15, 0.2) is 103 Å². The number of aromatic amines is 1. The number of fused-ring (bicyclic) bond motifs is 1. The molecule has 1 atom stereocenters. The molecule has 0 radical (unpaired) electrons. The Balaban J connectivity index is 0.000000784. The fourth-order valence-electron chi connectivity index (χ4n) is 7.20. The molecule has 4 aromatic carbocycles. The Labute approximate surface area is 324 Å². The second kappa shape index (κ2) is 19.3. The van der Waals surface area contributed by atoms with E-state index in [1.807, 2.05) is 83.9 Å². The van der Waals surface area contributed by atoms with Gasteiger partial charge >= 0.3 is 12.1 Å². The first kappa shape index (κ1) is 41.5. The highest BCUT2D eigenvalue weighted by atomic mass is 19.4. The number of aromatic nitrogens is 1. The Hall–Kier alpha value is -5.62. The lowest BCUT2D eigenvalue weighted by molar-refractivity contribution is -0.192. The second-order valence-corrected chi connectivity index (χ2v) is 14.5. The maximum atomic E-state index is 13.8. The number of H-pyrrole nitrogens is 1. The van der Waals surface area contributed by atoms with Gasteiger partial charge in [0.05, 0.1) is 0 Å². The van der Waals surface area contributed by atoms with Gasteiger partial charge in [-0.1, -0.05) is 66.7 Å². The number of rotatable bonds is 13. The van der Waals surface area contributed by atoms with E-state index < -0.39 is 12.1 Å². The number of nitrogens with one attached hydrogen (secondary N) is 2. The first-order valence-electron chi connectivity index (χ1n) is 18.9. The third kappa shape index (κ3) is 11.7. The van der Waals surface area contributed by atoms with Gasteiger partial charge in [0.25, 0.3) is 5.91 Å². The molecule has 1 aliphatic carbocycles. The summed E-state index contributed by atoms with van der Waals surface area (Å²) < 4.78 is 31.7. The number of nitrogens with zero attached hydrogens (tertiary/aromatic N) is 1. The third-order valence-corrected chi connectivity index (χ3v) is 10.5. The van der Waals surface area contributed by atoms with Crippen LogP contribution in [0.25, 0.3) is 22.0 Å². The minimum Gasteiger partial charge on any atom is -0.508 e. The van der Waals surface area contributed by atoms with Crippen molar-refractivity contribution in [2.24, 2.45) is 17.6 Å². The van der Waals surface area contributed by atoms with Gasteiger partial charge in [-0.3, -0.25) is 9.59 Å². The fourth-order valence-corrected chi connectivity index (χ4v) is 7.20. The zero-order valence-corrected chi connectivity index (χ0v) is 31.4. The van der Waals surface area contributed by atoms with Crippen LogP contribution >= 0.6 is 0 Å². The minimum atomic E-state index is -5.08. The zero-order chi connectivity index (χ0) is 40.2. The van der Waals surface area contributed by atoms with Crippen LogP contribution in [0, 0.1) is 11.8 Å². The lowest BCUT2D eigenvalue weighted by atomic mass is 9.79. The first-order chi connectivity index (χ1) is 26.8. The van der Waals surface area contributed by atoms with E-state index >= 15 is 0 Å². The summed E-state index contributed by atoms with van der Waals surface area (Å²) in [6, 6.07) is 31.5. The predicted octanol–water partition coefficient (Wildman–Crippen LogP) is 8.26. The summed E-state index contributed by atoms with van der Waals surface area (Å²) >= 11 is 0. The summed E-state index contributed by atoms with van der Waals surface area (Å²) in [6.45, 7) is 3.78. The van der Waals surface area contributed by atoms with Crippen molar-refractivity contribution in [2.45, 2.75) is 70.6 Å². The predicted molar refractivity (Wildman–Crippen MR) is 211 cm³/mol. The standard InChI is InChI=1S/C42H48N4O3.C2HF3O2/c1-29(43)33-17-13-31(14-18-33)26-45-42(49)39-11-3-2-9-37(39)34-8-6-7-32(25-34)28-46(24-23-30-15-20-36(47)21-16-30)41(48)22-19-35-27-44-40-12-5-4-10-38(35)40;3-2(4,5)1(6)7/h2-12,15-16,20-21,25,27,29,31,33,44,47H,13-14,17-19,22-24,26,28,43H2,1H3,(H,45,49);(H,6,7). The maximum Gasteiger partial charge on any atom is 0.490 e. The smallest absolute Gasteiger partial charge is 0.490 e. The molecular formula is C44H49F3N4O5. The van der Waals surface area contributed by atoms with Gasteiger partial charge in [0, 0.05) is 54.8 Å². The van der Waals surface area contributed by atoms with Gasteiger partial charge in [-0.25, -0.2) is 4.79 Å². The Morgan fingerprint density at radius 1 is 0.893 bits per heavy atom. The van der Waals surface area contributed by atoms with Crippen molar-refractivity contribution < 1.29 is 37.8 Å². The van der Waals surface area contributed by atoms with Crippen LogP contribution in [0.4, 0.5) is 13.2 Å². The number of aromatic hydroxyl groups is 1. The molecule has 1 heterocycles. The number of phenols is 1. The number of carbonyl (C=O) groups is 3. The van der Waals surface area contributed by atoms with Crippen LogP contribution in [-0.4, -0.2) is 63.2 Å². The molecule has 0 bridgehead atoms. The van der Waals surface area contributed by atoms with Crippen LogP contribution < -0.4 is 11.1 Å². The molecule has 296 valence electrons. The average molecular weight is 771 g/mol. The molecule has 6 N–H and O–H groups in total. The Morgan fingerprint density at radius 3 is 2.27 bits per heavy atom. The summed E-state index contributed by atoms with van der Waals surface area (Å²) in [4.78, 5) is 41.5. The molecule has 1 unspecified atom stereocenters. The average Bonchev–Trinajstić information content (AvgIpc) is 3.61.